The Hall–Kier alpha value is -1.42. The van der Waals surface area contributed by atoms with Crippen molar-refractivity contribution in [2.75, 3.05) is 5.32 Å². The molecule has 1 aromatic heterocycles. The van der Waals surface area contributed by atoms with Crippen molar-refractivity contribution in [3.63, 3.8) is 0 Å². The van der Waals surface area contributed by atoms with Crippen molar-refractivity contribution < 1.29 is 0 Å². The number of hydrogen-bond acceptors (Lipinski definition) is 4. The summed E-state index contributed by atoms with van der Waals surface area (Å²) in [6.07, 6.45) is 0.890. The number of hydrogen-bond donors (Lipinski definition) is 1. The predicted octanol–water partition coefficient (Wildman–Crippen LogP) is 3.84. The van der Waals surface area contributed by atoms with Gasteiger partial charge in [0, 0.05) is 24.5 Å². The molecule has 0 saturated carbocycles. The van der Waals surface area contributed by atoms with E-state index in [0.29, 0.717) is 5.92 Å². The first-order valence-electron chi connectivity index (χ1n) is 6.34. The summed E-state index contributed by atoms with van der Waals surface area (Å²) in [5.74, 6) is 1.50. The minimum atomic E-state index is 0.585. The van der Waals surface area contributed by atoms with Gasteiger partial charge in [-0.25, -0.2) is 4.98 Å². The van der Waals surface area contributed by atoms with Crippen molar-refractivity contribution in [1.29, 1.82) is 0 Å². The van der Waals surface area contributed by atoms with Crippen molar-refractivity contribution in [1.82, 2.24) is 9.36 Å². The van der Waals surface area contributed by atoms with Gasteiger partial charge in [-0.3, -0.25) is 0 Å². The summed E-state index contributed by atoms with van der Waals surface area (Å²) < 4.78 is 4.25. The third-order valence-electron chi connectivity index (χ3n) is 2.87. The number of anilines is 1. The Morgan fingerprint density at radius 1 is 1.22 bits per heavy atom. The quantitative estimate of drug-likeness (QED) is 0.888. The van der Waals surface area contributed by atoms with Crippen LogP contribution < -0.4 is 5.32 Å². The zero-order valence-electron chi connectivity index (χ0n) is 11.1. The highest BCUT2D eigenvalue weighted by Crippen LogP contribution is 2.16. The highest BCUT2D eigenvalue weighted by atomic mass is 32.1. The second-order valence-electron chi connectivity index (χ2n) is 4.62. The Morgan fingerprint density at radius 3 is 2.50 bits per heavy atom. The van der Waals surface area contributed by atoms with Crippen molar-refractivity contribution in [2.45, 2.75) is 39.7 Å². The smallest absolute Gasteiger partial charge is 0.202 e. The number of rotatable bonds is 5. The van der Waals surface area contributed by atoms with Gasteiger partial charge in [-0.05, 0) is 17.0 Å². The predicted molar refractivity (Wildman–Crippen MR) is 77.1 cm³/mol. The molecule has 0 bridgehead atoms. The van der Waals surface area contributed by atoms with E-state index in [1.807, 2.05) is 0 Å². The van der Waals surface area contributed by atoms with E-state index in [4.69, 9.17) is 0 Å². The van der Waals surface area contributed by atoms with Crippen LogP contribution in [0.5, 0.6) is 0 Å². The molecule has 1 heterocycles. The van der Waals surface area contributed by atoms with E-state index in [1.165, 1.54) is 22.7 Å². The van der Waals surface area contributed by atoms with E-state index in [-0.39, 0.29) is 0 Å². The standard InChI is InChI=1S/C14H19N3S/c1-4-13-16-14(18-17-13)15-9-11-5-7-12(8-6-11)10(2)3/h5-8,10H,4,9H2,1-3H3,(H,15,16,17). The van der Waals surface area contributed by atoms with Crippen LogP contribution in [-0.4, -0.2) is 9.36 Å². The molecule has 0 saturated heterocycles. The van der Waals surface area contributed by atoms with Crippen LogP contribution in [0, 0.1) is 0 Å². The lowest BCUT2D eigenvalue weighted by molar-refractivity contribution is 0.865. The molecule has 0 radical (unpaired) electrons. The van der Waals surface area contributed by atoms with Crippen molar-refractivity contribution in [3.05, 3.63) is 41.2 Å². The van der Waals surface area contributed by atoms with Crippen molar-refractivity contribution in [3.8, 4) is 0 Å². The average Bonchev–Trinajstić information content (AvgIpc) is 2.85. The minimum absolute atomic E-state index is 0.585. The molecule has 0 aliphatic carbocycles. The maximum absolute atomic E-state index is 4.39. The Morgan fingerprint density at radius 2 is 1.94 bits per heavy atom. The summed E-state index contributed by atoms with van der Waals surface area (Å²) >= 11 is 1.43. The summed E-state index contributed by atoms with van der Waals surface area (Å²) in [5, 5.41) is 4.21. The summed E-state index contributed by atoms with van der Waals surface area (Å²) in [7, 11) is 0. The molecule has 1 N–H and O–H groups in total. The molecule has 0 atom stereocenters. The summed E-state index contributed by atoms with van der Waals surface area (Å²) in [6.45, 7) is 7.29. The van der Waals surface area contributed by atoms with Gasteiger partial charge in [0.1, 0.15) is 5.82 Å². The fraction of sp³-hybridized carbons (Fsp3) is 0.429. The second kappa shape index (κ2) is 5.96. The van der Waals surface area contributed by atoms with Gasteiger partial charge >= 0.3 is 0 Å². The maximum atomic E-state index is 4.39. The first-order chi connectivity index (χ1) is 8.69. The number of nitrogens with zero attached hydrogens (tertiary/aromatic N) is 2. The fourth-order valence-corrected chi connectivity index (χ4v) is 2.31. The number of nitrogens with one attached hydrogen (secondary N) is 1. The van der Waals surface area contributed by atoms with Crippen LogP contribution >= 0.6 is 11.5 Å². The van der Waals surface area contributed by atoms with Crippen LogP contribution in [0.2, 0.25) is 0 Å². The molecule has 0 fully saturated rings. The van der Waals surface area contributed by atoms with E-state index >= 15 is 0 Å². The molecule has 0 aliphatic heterocycles. The van der Waals surface area contributed by atoms with Gasteiger partial charge in [-0.1, -0.05) is 45.0 Å². The zero-order valence-corrected chi connectivity index (χ0v) is 11.9. The van der Waals surface area contributed by atoms with Gasteiger partial charge in [-0.2, -0.15) is 4.37 Å². The first kappa shape index (κ1) is 13.0. The zero-order chi connectivity index (χ0) is 13.0. The van der Waals surface area contributed by atoms with E-state index in [1.54, 1.807) is 0 Å². The van der Waals surface area contributed by atoms with Crippen LogP contribution in [-0.2, 0) is 13.0 Å². The van der Waals surface area contributed by atoms with E-state index in [2.05, 4.69) is 59.7 Å². The normalized spacial score (nSPS) is 10.9. The van der Waals surface area contributed by atoms with E-state index in [9.17, 15) is 0 Å². The largest absolute Gasteiger partial charge is 0.356 e. The molecular formula is C14H19N3S. The highest BCUT2D eigenvalue weighted by Gasteiger charge is 2.02. The molecule has 2 rings (SSSR count). The Kier molecular flexibility index (Phi) is 4.31. The average molecular weight is 261 g/mol. The van der Waals surface area contributed by atoms with Crippen LogP contribution in [0.3, 0.4) is 0 Å². The topological polar surface area (TPSA) is 37.8 Å². The number of aromatic nitrogens is 2. The third-order valence-corrected chi connectivity index (χ3v) is 3.59. The monoisotopic (exact) mass is 261 g/mol. The molecule has 1 aromatic carbocycles. The summed E-state index contributed by atoms with van der Waals surface area (Å²) in [6, 6.07) is 8.73. The lowest BCUT2D eigenvalue weighted by atomic mass is 10.0. The fourth-order valence-electron chi connectivity index (χ4n) is 1.67. The molecule has 0 aliphatic rings. The molecule has 2 aromatic rings. The molecule has 0 amide bonds. The number of aryl methyl sites for hydroxylation is 1. The van der Waals surface area contributed by atoms with Crippen LogP contribution in [0.1, 0.15) is 43.6 Å². The first-order valence-corrected chi connectivity index (χ1v) is 7.11. The molecule has 18 heavy (non-hydrogen) atoms. The minimum Gasteiger partial charge on any atom is -0.356 e. The summed E-state index contributed by atoms with van der Waals surface area (Å²) in [5.41, 5.74) is 2.65. The van der Waals surface area contributed by atoms with Gasteiger partial charge in [0.2, 0.25) is 5.13 Å². The lowest BCUT2D eigenvalue weighted by Crippen LogP contribution is -1.99. The highest BCUT2D eigenvalue weighted by molar-refractivity contribution is 7.09. The Bertz CT molecular complexity index is 488. The van der Waals surface area contributed by atoms with Crippen molar-refractivity contribution in [2.24, 2.45) is 0 Å². The van der Waals surface area contributed by atoms with Gasteiger partial charge in [0.05, 0.1) is 0 Å². The van der Waals surface area contributed by atoms with Gasteiger partial charge in [0.15, 0.2) is 0 Å². The van der Waals surface area contributed by atoms with E-state index < -0.39 is 0 Å². The van der Waals surface area contributed by atoms with Gasteiger partial charge < -0.3 is 5.32 Å². The lowest BCUT2D eigenvalue weighted by Gasteiger charge is -2.07. The molecule has 3 nitrogen and oxygen atoms in total. The second-order valence-corrected chi connectivity index (χ2v) is 5.37. The molecule has 0 spiro atoms. The van der Waals surface area contributed by atoms with Crippen LogP contribution in [0.15, 0.2) is 24.3 Å². The van der Waals surface area contributed by atoms with Gasteiger partial charge in [0.25, 0.3) is 0 Å². The molecule has 4 heteroatoms. The molecule has 0 unspecified atom stereocenters. The SMILES string of the molecule is CCc1nsc(NCc2ccc(C(C)C)cc2)n1. The Labute approximate surface area is 112 Å². The molecular weight excluding hydrogens is 242 g/mol. The molecule has 96 valence electrons. The number of benzene rings is 1. The maximum Gasteiger partial charge on any atom is 0.202 e. The Balaban J connectivity index is 1.93. The van der Waals surface area contributed by atoms with E-state index in [0.717, 1.165) is 23.9 Å². The van der Waals surface area contributed by atoms with Gasteiger partial charge in [-0.15, -0.1) is 0 Å². The van der Waals surface area contributed by atoms with Crippen LogP contribution in [0.25, 0.3) is 0 Å². The van der Waals surface area contributed by atoms with Crippen LogP contribution in [0.4, 0.5) is 5.13 Å². The third kappa shape index (κ3) is 3.29. The summed E-state index contributed by atoms with van der Waals surface area (Å²) in [4.78, 5) is 4.39. The van der Waals surface area contributed by atoms with Crippen molar-refractivity contribution >= 4 is 16.7 Å².